The monoisotopic (exact) mass is 276 g/mol. The zero-order valence-electron chi connectivity index (χ0n) is 11.9. The fourth-order valence-electron chi connectivity index (χ4n) is 3.01. The average Bonchev–Trinajstić information content (AvgIpc) is 2.87. The van der Waals surface area contributed by atoms with Crippen LogP contribution in [-0.2, 0) is 6.42 Å². The summed E-state index contributed by atoms with van der Waals surface area (Å²) in [5, 5.41) is 6.02. The number of nitrogens with zero attached hydrogens (tertiary/aromatic N) is 4. The second-order valence-electron chi connectivity index (χ2n) is 5.11. The number of fused-ring (bicyclic) bond motifs is 1. The molecule has 7 nitrogen and oxygen atoms in total. The van der Waals surface area contributed by atoms with Crippen molar-refractivity contribution in [3.05, 3.63) is 11.9 Å². The van der Waals surface area contributed by atoms with Crippen LogP contribution in [0.1, 0.15) is 12.5 Å². The van der Waals surface area contributed by atoms with E-state index >= 15 is 0 Å². The molecule has 0 aliphatic carbocycles. The second-order valence-corrected chi connectivity index (χ2v) is 5.11. The second kappa shape index (κ2) is 5.15. The highest BCUT2D eigenvalue weighted by molar-refractivity contribution is 5.77. The molecule has 0 saturated carbocycles. The van der Waals surface area contributed by atoms with Crippen LogP contribution in [0.5, 0.6) is 0 Å². The van der Waals surface area contributed by atoms with E-state index in [2.05, 4.69) is 32.4 Å². The SMILES string of the molecule is CCc1c(NC)ncnc1N1CCN2C(=O)NCC2C1. The Kier molecular flexibility index (Phi) is 3.33. The van der Waals surface area contributed by atoms with E-state index < -0.39 is 0 Å². The normalized spacial score (nSPS) is 21.7. The molecule has 0 spiro atoms. The fourth-order valence-corrected chi connectivity index (χ4v) is 3.01. The molecule has 2 aliphatic heterocycles. The molecule has 108 valence electrons. The van der Waals surface area contributed by atoms with Gasteiger partial charge in [-0.15, -0.1) is 0 Å². The number of nitrogens with one attached hydrogen (secondary N) is 2. The first-order chi connectivity index (χ1) is 9.74. The van der Waals surface area contributed by atoms with E-state index in [0.29, 0.717) is 0 Å². The van der Waals surface area contributed by atoms with Gasteiger partial charge in [0.2, 0.25) is 0 Å². The Balaban J connectivity index is 1.85. The van der Waals surface area contributed by atoms with E-state index in [1.54, 1.807) is 6.33 Å². The molecule has 2 saturated heterocycles. The predicted molar refractivity (Wildman–Crippen MR) is 77.1 cm³/mol. The topological polar surface area (TPSA) is 73.4 Å². The van der Waals surface area contributed by atoms with Crippen molar-refractivity contribution in [2.24, 2.45) is 0 Å². The molecule has 2 fully saturated rings. The van der Waals surface area contributed by atoms with Crippen LogP contribution in [0.15, 0.2) is 6.33 Å². The van der Waals surface area contributed by atoms with Crippen molar-refractivity contribution in [1.82, 2.24) is 20.2 Å². The van der Waals surface area contributed by atoms with Crippen molar-refractivity contribution < 1.29 is 4.79 Å². The summed E-state index contributed by atoms with van der Waals surface area (Å²) >= 11 is 0. The molecule has 7 heteroatoms. The number of hydrogen-bond acceptors (Lipinski definition) is 5. The van der Waals surface area contributed by atoms with E-state index in [1.807, 2.05) is 11.9 Å². The summed E-state index contributed by atoms with van der Waals surface area (Å²) in [6.45, 7) is 5.22. The number of hydrogen-bond donors (Lipinski definition) is 2. The van der Waals surface area contributed by atoms with Gasteiger partial charge in [0.15, 0.2) is 0 Å². The van der Waals surface area contributed by atoms with Crippen LogP contribution in [0.4, 0.5) is 16.4 Å². The van der Waals surface area contributed by atoms with Gasteiger partial charge in [-0.3, -0.25) is 0 Å². The van der Waals surface area contributed by atoms with Crippen LogP contribution in [0, 0.1) is 0 Å². The summed E-state index contributed by atoms with van der Waals surface area (Å²) < 4.78 is 0. The van der Waals surface area contributed by atoms with Gasteiger partial charge in [0, 0.05) is 38.8 Å². The lowest BCUT2D eigenvalue weighted by atomic mass is 10.1. The fraction of sp³-hybridized carbons (Fsp3) is 0.615. The predicted octanol–water partition coefficient (Wildman–Crippen LogP) is 0.295. The molecule has 2 aliphatic rings. The summed E-state index contributed by atoms with van der Waals surface area (Å²) in [6, 6.07) is 0.304. The van der Waals surface area contributed by atoms with Crippen LogP contribution in [0.2, 0.25) is 0 Å². The Labute approximate surface area is 118 Å². The highest BCUT2D eigenvalue weighted by atomic mass is 16.2. The summed E-state index contributed by atoms with van der Waals surface area (Å²) in [6.07, 6.45) is 2.49. The van der Waals surface area contributed by atoms with Crippen LogP contribution in [-0.4, -0.2) is 60.2 Å². The third kappa shape index (κ3) is 2.03. The third-order valence-corrected chi connectivity index (χ3v) is 4.05. The molecule has 3 rings (SSSR count). The molecule has 1 aromatic rings. The van der Waals surface area contributed by atoms with Gasteiger partial charge in [-0.1, -0.05) is 6.92 Å². The summed E-state index contributed by atoms with van der Waals surface area (Å²) in [5.74, 6) is 1.88. The van der Waals surface area contributed by atoms with Crippen LogP contribution < -0.4 is 15.5 Å². The number of piperazine rings is 1. The summed E-state index contributed by atoms with van der Waals surface area (Å²) in [4.78, 5) is 24.6. The lowest BCUT2D eigenvalue weighted by Crippen LogP contribution is -2.52. The van der Waals surface area contributed by atoms with Crippen molar-refractivity contribution >= 4 is 17.7 Å². The minimum Gasteiger partial charge on any atom is -0.373 e. The smallest absolute Gasteiger partial charge is 0.317 e. The van der Waals surface area contributed by atoms with E-state index in [-0.39, 0.29) is 12.1 Å². The molecular formula is C13H20N6O. The highest BCUT2D eigenvalue weighted by Gasteiger charge is 2.36. The van der Waals surface area contributed by atoms with Gasteiger partial charge >= 0.3 is 6.03 Å². The van der Waals surface area contributed by atoms with Crippen LogP contribution >= 0.6 is 0 Å². The van der Waals surface area contributed by atoms with Crippen molar-refractivity contribution in [3.8, 4) is 0 Å². The largest absolute Gasteiger partial charge is 0.373 e. The van der Waals surface area contributed by atoms with Gasteiger partial charge in [-0.05, 0) is 6.42 Å². The highest BCUT2D eigenvalue weighted by Crippen LogP contribution is 2.26. The first kappa shape index (κ1) is 13.0. The Morgan fingerprint density at radius 3 is 3.05 bits per heavy atom. The maximum absolute atomic E-state index is 11.6. The van der Waals surface area contributed by atoms with Crippen LogP contribution in [0.25, 0.3) is 0 Å². The van der Waals surface area contributed by atoms with Gasteiger partial charge in [-0.2, -0.15) is 0 Å². The third-order valence-electron chi connectivity index (χ3n) is 4.05. The number of aromatic nitrogens is 2. The maximum Gasteiger partial charge on any atom is 0.317 e. The Hall–Kier alpha value is -2.05. The first-order valence-corrected chi connectivity index (χ1v) is 7.05. The maximum atomic E-state index is 11.6. The Bertz CT molecular complexity index is 520. The van der Waals surface area contributed by atoms with Crippen molar-refractivity contribution in [1.29, 1.82) is 0 Å². The van der Waals surface area contributed by atoms with Crippen molar-refractivity contribution in [2.45, 2.75) is 19.4 Å². The molecule has 2 N–H and O–H groups in total. The van der Waals surface area contributed by atoms with Gasteiger partial charge in [0.1, 0.15) is 18.0 Å². The van der Waals surface area contributed by atoms with E-state index in [4.69, 9.17) is 0 Å². The minimum atomic E-state index is 0.0592. The van der Waals surface area contributed by atoms with E-state index in [1.165, 1.54) is 0 Å². The number of rotatable bonds is 3. The van der Waals surface area contributed by atoms with E-state index in [9.17, 15) is 4.79 Å². The number of anilines is 2. The Morgan fingerprint density at radius 1 is 1.45 bits per heavy atom. The van der Waals surface area contributed by atoms with Gasteiger partial charge in [-0.25, -0.2) is 14.8 Å². The number of carbonyl (C=O) groups is 1. The molecule has 3 heterocycles. The molecular weight excluding hydrogens is 256 g/mol. The molecule has 2 amide bonds. The minimum absolute atomic E-state index is 0.0592. The first-order valence-electron chi connectivity index (χ1n) is 7.05. The number of amides is 2. The standard InChI is InChI=1S/C13H20N6O/c1-3-10-11(14-2)16-8-17-12(10)18-4-5-19-9(7-18)6-15-13(19)20/h8-9H,3-7H2,1-2H3,(H,15,20)(H,14,16,17). The summed E-state index contributed by atoms with van der Waals surface area (Å²) in [7, 11) is 1.88. The van der Waals surface area contributed by atoms with E-state index in [0.717, 1.165) is 49.8 Å². The van der Waals surface area contributed by atoms with Crippen molar-refractivity contribution in [3.63, 3.8) is 0 Å². The number of urea groups is 1. The lowest BCUT2D eigenvalue weighted by molar-refractivity contribution is 0.197. The molecule has 1 atom stereocenters. The zero-order valence-corrected chi connectivity index (χ0v) is 11.9. The molecule has 0 radical (unpaired) electrons. The average molecular weight is 276 g/mol. The van der Waals surface area contributed by atoms with Crippen LogP contribution in [0.3, 0.4) is 0 Å². The molecule has 1 aromatic heterocycles. The number of carbonyl (C=O) groups excluding carboxylic acids is 1. The zero-order chi connectivity index (χ0) is 14.1. The molecule has 1 unspecified atom stereocenters. The van der Waals surface area contributed by atoms with Gasteiger partial charge in [0.05, 0.1) is 6.04 Å². The van der Waals surface area contributed by atoms with Crippen molar-refractivity contribution in [2.75, 3.05) is 43.4 Å². The summed E-state index contributed by atoms with van der Waals surface area (Å²) in [5.41, 5.74) is 1.14. The molecule has 0 aromatic carbocycles. The van der Waals surface area contributed by atoms with Gasteiger partial charge in [0.25, 0.3) is 0 Å². The Morgan fingerprint density at radius 2 is 2.30 bits per heavy atom. The molecule has 0 bridgehead atoms. The molecule has 20 heavy (non-hydrogen) atoms. The van der Waals surface area contributed by atoms with Gasteiger partial charge < -0.3 is 20.4 Å². The lowest BCUT2D eigenvalue weighted by Gasteiger charge is -2.37. The quantitative estimate of drug-likeness (QED) is 0.830.